The fourth-order valence-electron chi connectivity index (χ4n) is 2.43. The molecule has 0 aliphatic carbocycles. The van der Waals surface area contributed by atoms with Crippen LogP contribution in [0.5, 0.6) is 5.75 Å². The first-order chi connectivity index (χ1) is 11.1. The summed E-state index contributed by atoms with van der Waals surface area (Å²) in [6.45, 7) is 1.98. The summed E-state index contributed by atoms with van der Waals surface area (Å²) in [5, 5.41) is 0.780. The predicted octanol–water partition coefficient (Wildman–Crippen LogP) is 3.89. The van der Waals surface area contributed by atoms with Crippen molar-refractivity contribution in [1.29, 1.82) is 0 Å². The van der Waals surface area contributed by atoms with Crippen LogP contribution in [0.3, 0.4) is 0 Å². The van der Waals surface area contributed by atoms with Crippen molar-refractivity contribution in [2.45, 2.75) is 19.3 Å². The number of esters is 1. The van der Waals surface area contributed by atoms with E-state index in [4.69, 9.17) is 9.15 Å². The van der Waals surface area contributed by atoms with Crippen LogP contribution in [0.4, 0.5) is 0 Å². The maximum Gasteiger partial charge on any atom is 0.336 e. The molecule has 23 heavy (non-hydrogen) atoms. The molecule has 4 heteroatoms. The van der Waals surface area contributed by atoms with Crippen molar-refractivity contribution in [3.05, 3.63) is 76.6 Å². The number of benzene rings is 2. The van der Waals surface area contributed by atoms with Crippen LogP contribution >= 0.6 is 0 Å². The van der Waals surface area contributed by atoms with Crippen molar-refractivity contribution in [3.8, 4) is 5.75 Å². The molecular formula is C19H16O4. The molecule has 0 N–H and O–H groups in total. The Labute approximate surface area is 133 Å². The molecule has 0 bridgehead atoms. The van der Waals surface area contributed by atoms with E-state index in [1.54, 1.807) is 24.3 Å². The smallest absolute Gasteiger partial charge is 0.336 e. The number of hydrogen-bond acceptors (Lipinski definition) is 4. The molecule has 0 amide bonds. The van der Waals surface area contributed by atoms with Crippen molar-refractivity contribution in [1.82, 2.24) is 0 Å². The van der Waals surface area contributed by atoms with Gasteiger partial charge in [0.05, 0.1) is 6.42 Å². The van der Waals surface area contributed by atoms with E-state index in [1.807, 2.05) is 37.3 Å². The average Bonchev–Trinajstić information content (AvgIpc) is 2.55. The van der Waals surface area contributed by atoms with Gasteiger partial charge in [-0.15, -0.1) is 0 Å². The lowest BCUT2D eigenvalue weighted by atomic mass is 9.98. The van der Waals surface area contributed by atoms with E-state index in [-0.39, 0.29) is 18.3 Å². The minimum absolute atomic E-state index is 0.0714. The van der Waals surface area contributed by atoms with E-state index in [2.05, 4.69) is 0 Å². The van der Waals surface area contributed by atoms with E-state index in [0.29, 0.717) is 11.3 Å². The van der Waals surface area contributed by atoms with Crippen LogP contribution in [0.25, 0.3) is 11.0 Å². The van der Waals surface area contributed by atoms with Crippen molar-refractivity contribution < 1.29 is 13.9 Å². The maximum atomic E-state index is 12.1. The number of carbonyl (C=O) groups is 1. The predicted molar refractivity (Wildman–Crippen MR) is 87.6 cm³/mol. The largest absolute Gasteiger partial charge is 0.426 e. The number of rotatable bonds is 4. The van der Waals surface area contributed by atoms with Gasteiger partial charge in [-0.1, -0.05) is 37.3 Å². The Balaban J connectivity index is 1.71. The average molecular weight is 308 g/mol. The van der Waals surface area contributed by atoms with Crippen molar-refractivity contribution in [2.75, 3.05) is 0 Å². The van der Waals surface area contributed by atoms with Gasteiger partial charge in [0.1, 0.15) is 11.3 Å². The summed E-state index contributed by atoms with van der Waals surface area (Å²) >= 11 is 0. The zero-order valence-corrected chi connectivity index (χ0v) is 12.7. The molecule has 0 unspecified atom stereocenters. The van der Waals surface area contributed by atoms with Gasteiger partial charge in [0.25, 0.3) is 0 Å². The molecule has 0 aliphatic rings. The van der Waals surface area contributed by atoms with Crippen LogP contribution in [0, 0.1) is 0 Å². The van der Waals surface area contributed by atoms with Crippen molar-refractivity contribution >= 4 is 16.9 Å². The second-order valence-corrected chi connectivity index (χ2v) is 5.44. The lowest BCUT2D eigenvalue weighted by Crippen LogP contribution is -2.11. The Kier molecular flexibility index (Phi) is 4.24. The van der Waals surface area contributed by atoms with E-state index in [1.165, 1.54) is 6.07 Å². The lowest BCUT2D eigenvalue weighted by molar-refractivity contribution is -0.134. The van der Waals surface area contributed by atoms with Crippen LogP contribution in [-0.4, -0.2) is 5.97 Å². The third-order valence-electron chi connectivity index (χ3n) is 3.67. The van der Waals surface area contributed by atoms with Gasteiger partial charge in [0.2, 0.25) is 0 Å². The van der Waals surface area contributed by atoms with Crippen LogP contribution in [0.2, 0.25) is 0 Å². The quantitative estimate of drug-likeness (QED) is 0.417. The molecule has 0 fully saturated rings. The van der Waals surface area contributed by atoms with Crippen molar-refractivity contribution in [3.63, 3.8) is 0 Å². The van der Waals surface area contributed by atoms with Crippen LogP contribution in [0.15, 0.2) is 69.9 Å². The first-order valence-corrected chi connectivity index (χ1v) is 7.41. The van der Waals surface area contributed by atoms with Crippen LogP contribution < -0.4 is 10.4 Å². The van der Waals surface area contributed by atoms with Gasteiger partial charge in [0, 0.05) is 17.5 Å². The minimum atomic E-state index is -0.432. The van der Waals surface area contributed by atoms with Gasteiger partial charge in [-0.3, -0.25) is 4.79 Å². The molecule has 0 spiro atoms. The van der Waals surface area contributed by atoms with E-state index < -0.39 is 5.63 Å². The number of carbonyl (C=O) groups excluding carboxylic acids is 1. The molecule has 2 aromatic carbocycles. The molecule has 1 atom stereocenters. The molecule has 0 radical (unpaired) electrons. The Hall–Kier alpha value is -2.88. The highest BCUT2D eigenvalue weighted by molar-refractivity contribution is 5.80. The molecule has 3 rings (SSSR count). The number of hydrogen-bond donors (Lipinski definition) is 0. The van der Waals surface area contributed by atoms with Gasteiger partial charge in [-0.05, 0) is 29.7 Å². The summed E-state index contributed by atoms with van der Waals surface area (Å²) < 4.78 is 10.4. The van der Waals surface area contributed by atoms with E-state index in [9.17, 15) is 9.59 Å². The molecule has 116 valence electrons. The van der Waals surface area contributed by atoms with Gasteiger partial charge in [0.15, 0.2) is 0 Å². The standard InChI is InChI=1S/C19H16O4/c1-13(14-5-3-2-4-6-14)11-19(21)22-16-9-7-15-8-10-18(20)23-17(15)12-16/h2-10,12-13H,11H2,1H3/t13-/m0/s1. The summed E-state index contributed by atoms with van der Waals surface area (Å²) in [5.74, 6) is 0.123. The second kappa shape index (κ2) is 6.48. The van der Waals surface area contributed by atoms with Gasteiger partial charge in [-0.25, -0.2) is 4.79 Å². The summed E-state index contributed by atoms with van der Waals surface area (Å²) in [6.07, 6.45) is 0.279. The van der Waals surface area contributed by atoms with E-state index in [0.717, 1.165) is 10.9 Å². The van der Waals surface area contributed by atoms with Crippen LogP contribution in [0.1, 0.15) is 24.8 Å². The summed E-state index contributed by atoms with van der Waals surface area (Å²) in [5.41, 5.74) is 1.06. The van der Waals surface area contributed by atoms with Gasteiger partial charge < -0.3 is 9.15 Å². The Morgan fingerprint density at radius 2 is 1.83 bits per heavy atom. The molecule has 0 saturated heterocycles. The van der Waals surface area contributed by atoms with Gasteiger partial charge >= 0.3 is 11.6 Å². The third-order valence-corrected chi connectivity index (χ3v) is 3.67. The first-order valence-electron chi connectivity index (χ1n) is 7.41. The Morgan fingerprint density at radius 1 is 1.09 bits per heavy atom. The molecule has 3 aromatic rings. The summed E-state index contributed by atoms with van der Waals surface area (Å²) in [7, 11) is 0. The van der Waals surface area contributed by atoms with Crippen LogP contribution in [-0.2, 0) is 4.79 Å². The topological polar surface area (TPSA) is 56.5 Å². The highest BCUT2D eigenvalue weighted by Gasteiger charge is 2.13. The van der Waals surface area contributed by atoms with Gasteiger partial charge in [-0.2, -0.15) is 0 Å². The fourth-order valence-corrected chi connectivity index (χ4v) is 2.43. The monoisotopic (exact) mass is 308 g/mol. The summed E-state index contributed by atoms with van der Waals surface area (Å²) in [6, 6.07) is 17.8. The molecular weight excluding hydrogens is 292 g/mol. The SMILES string of the molecule is C[C@@H](CC(=O)Oc1ccc2ccc(=O)oc2c1)c1ccccc1. The minimum Gasteiger partial charge on any atom is -0.426 e. The third kappa shape index (κ3) is 3.66. The summed E-state index contributed by atoms with van der Waals surface area (Å²) in [4.78, 5) is 23.3. The zero-order chi connectivity index (χ0) is 16.2. The normalized spacial score (nSPS) is 12.0. The van der Waals surface area contributed by atoms with E-state index >= 15 is 0 Å². The second-order valence-electron chi connectivity index (χ2n) is 5.44. The molecule has 1 aromatic heterocycles. The lowest BCUT2D eigenvalue weighted by Gasteiger charge is -2.11. The maximum absolute atomic E-state index is 12.1. The highest BCUT2D eigenvalue weighted by atomic mass is 16.5. The fraction of sp³-hybridized carbons (Fsp3) is 0.158. The number of ether oxygens (including phenoxy) is 1. The Morgan fingerprint density at radius 3 is 2.61 bits per heavy atom. The molecule has 0 saturated carbocycles. The molecule has 1 heterocycles. The molecule has 4 nitrogen and oxygen atoms in total. The molecule has 0 aliphatic heterocycles. The highest BCUT2D eigenvalue weighted by Crippen LogP contribution is 2.22. The first kappa shape index (κ1) is 15.0. The van der Waals surface area contributed by atoms with Crippen molar-refractivity contribution in [2.24, 2.45) is 0 Å². The number of fused-ring (bicyclic) bond motifs is 1. The zero-order valence-electron chi connectivity index (χ0n) is 12.7. The Bertz CT molecular complexity index is 881.